The molecule has 10 heteroatoms. The molecule has 0 fully saturated rings. The summed E-state index contributed by atoms with van der Waals surface area (Å²) in [5, 5.41) is 6.24. The average Bonchev–Trinajstić information content (AvgIpc) is 2.94. The van der Waals surface area contributed by atoms with Crippen LogP contribution in [-0.2, 0) is 13.1 Å². The zero-order valence-corrected chi connectivity index (χ0v) is 18.2. The highest BCUT2D eigenvalue weighted by Crippen LogP contribution is 2.19. The summed E-state index contributed by atoms with van der Waals surface area (Å²) in [7, 11) is 0. The number of nitrogens with one attached hydrogen (secondary N) is 2. The third-order valence-electron chi connectivity index (χ3n) is 3.57. The predicted octanol–water partition coefficient (Wildman–Crippen LogP) is 4.11. The molecule has 6 nitrogen and oxygen atoms in total. The number of rotatable bonds is 7. The molecule has 0 unspecified atom stereocenters. The van der Waals surface area contributed by atoms with E-state index in [1.807, 2.05) is 20.8 Å². The molecule has 0 aliphatic rings. The number of guanidine groups is 1. The summed E-state index contributed by atoms with van der Waals surface area (Å²) in [5.74, 6) is 2.10. The quantitative estimate of drug-likeness (QED) is 0.332. The second kappa shape index (κ2) is 11.1. The maximum Gasteiger partial charge on any atom is 0.422 e. The van der Waals surface area contributed by atoms with Gasteiger partial charge in [0.25, 0.3) is 0 Å². The Morgan fingerprint density at radius 3 is 2.39 bits per heavy atom. The minimum absolute atomic E-state index is 0. The van der Waals surface area contributed by atoms with Gasteiger partial charge in [0.2, 0.25) is 5.89 Å². The molecule has 2 rings (SSSR count). The lowest BCUT2D eigenvalue weighted by atomic mass is 10.2. The van der Waals surface area contributed by atoms with Gasteiger partial charge in [0, 0.05) is 6.54 Å². The monoisotopic (exact) mass is 512 g/mol. The minimum Gasteiger partial charge on any atom is -0.484 e. The third-order valence-corrected chi connectivity index (χ3v) is 3.57. The van der Waals surface area contributed by atoms with E-state index in [1.165, 1.54) is 12.1 Å². The first-order valence-corrected chi connectivity index (χ1v) is 8.50. The summed E-state index contributed by atoms with van der Waals surface area (Å²) in [6, 6.07) is 6.35. The van der Waals surface area contributed by atoms with Crippen LogP contribution in [0, 0.1) is 13.8 Å². The molecule has 0 amide bonds. The van der Waals surface area contributed by atoms with Gasteiger partial charge in [-0.2, -0.15) is 13.2 Å². The van der Waals surface area contributed by atoms with Gasteiger partial charge in [0.15, 0.2) is 12.6 Å². The van der Waals surface area contributed by atoms with Gasteiger partial charge >= 0.3 is 6.18 Å². The number of benzene rings is 1. The lowest BCUT2D eigenvalue weighted by Gasteiger charge is -2.11. The highest BCUT2D eigenvalue weighted by Gasteiger charge is 2.28. The number of aliphatic imine (C=N–C) groups is 1. The fourth-order valence-electron chi connectivity index (χ4n) is 2.14. The first-order valence-electron chi connectivity index (χ1n) is 8.50. The molecule has 1 aromatic heterocycles. The van der Waals surface area contributed by atoms with E-state index in [-0.39, 0.29) is 29.7 Å². The smallest absolute Gasteiger partial charge is 0.422 e. The van der Waals surface area contributed by atoms with Gasteiger partial charge in [-0.25, -0.2) is 9.98 Å². The molecule has 0 saturated heterocycles. The van der Waals surface area contributed by atoms with E-state index in [0.29, 0.717) is 31.5 Å². The van der Waals surface area contributed by atoms with Crippen molar-refractivity contribution in [3.05, 3.63) is 47.2 Å². The van der Waals surface area contributed by atoms with E-state index in [1.54, 1.807) is 12.1 Å². The molecular formula is C18H24F3IN4O2. The Morgan fingerprint density at radius 2 is 1.86 bits per heavy atom. The van der Waals surface area contributed by atoms with Crippen molar-refractivity contribution in [1.82, 2.24) is 15.6 Å². The van der Waals surface area contributed by atoms with Gasteiger partial charge in [0.05, 0.1) is 18.8 Å². The second-order valence-corrected chi connectivity index (χ2v) is 5.85. The van der Waals surface area contributed by atoms with E-state index in [0.717, 1.165) is 17.0 Å². The summed E-state index contributed by atoms with van der Waals surface area (Å²) >= 11 is 0. The Bertz CT molecular complexity index is 742. The summed E-state index contributed by atoms with van der Waals surface area (Å²) in [6.45, 7) is 5.81. The van der Waals surface area contributed by atoms with Crippen LogP contribution in [0.5, 0.6) is 5.75 Å². The van der Waals surface area contributed by atoms with Crippen molar-refractivity contribution in [2.75, 3.05) is 13.2 Å². The fourth-order valence-corrected chi connectivity index (χ4v) is 2.14. The number of hydrogen-bond donors (Lipinski definition) is 2. The minimum atomic E-state index is -4.35. The number of hydrogen-bond acceptors (Lipinski definition) is 4. The number of oxazole rings is 1. The molecule has 2 N–H and O–H groups in total. The van der Waals surface area contributed by atoms with Crippen molar-refractivity contribution in [3.8, 4) is 5.75 Å². The first kappa shape index (κ1) is 24.1. The standard InChI is InChI=1S/C18H23F3N4O2.HI/c1-4-22-17(24-10-16-25-12(2)13(3)27-16)23-9-14-5-7-15(8-6-14)26-11-18(19,20)21;/h5-8H,4,9-11H2,1-3H3,(H2,22,23,24);1H. The van der Waals surface area contributed by atoms with Crippen molar-refractivity contribution < 1.29 is 22.3 Å². The van der Waals surface area contributed by atoms with Crippen LogP contribution < -0.4 is 15.4 Å². The maximum atomic E-state index is 12.2. The van der Waals surface area contributed by atoms with Gasteiger partial charge in [-0.05, 0) is 38.5 Å². The predicted molar refractivity (Wildman–Crippen MR) is 111 cm³/mol. The molecule has 2 aromatic rings. The lowest BCUT2D eigenvalue weighted by molar-refractivity contribution is -0.153. The van der Waals surface area contributed by atoms with Crippen LogP contribution in [0.4, 0.5) is 13.2 Å². The van der Waals surface area contributed by atoms with Crippen LogP contribution in [0.25, 0.3) is 0 Å². The number of halogens is 4. The van der Waals surface area contributed by atoms with E-state index in [9.17, 15) is 13.2 Å². The van der Waals surface area contributed by atoms with Crippen molar-refractivity contribution in [1.29, 1.82) is 0 Å². The molecule has 156 valence electrons. The highest BCUT2D eigenvalue weighted by atomic mass is 127. The molecule has 0 radical (unpaired) electrons. The van der Waals surface area contributed by atoms with Crippen molar-refractivity contribution in [2.24, 2.45) is 4.99 Å². The maximum absolute atomic E-state index is 12.2. The zero-order chi connectivity index (χ0) is 19.9. The van der Waals surface area contributed by atoms with Gasteiger partial charge in [0.1, 0.15) is 11.5 Å². The average molecular weight is 512 g/mol. The van der Waals surface area contributed by atoms with Gasteiger partial charge in [-0.15, -0.1) is 24.0 Å². The van der Waals surface area contributed by atoms with Crippen LogP contribution in [0.1, 0.15) is 29.8 Å². The zero-order valence-electron chi connectivity index (χ0n) is 15.9. The van der Waals surface area contributed by atoms with E-state index < -0.39 is 12.8 Å². The summed E-state index contributed by atoms with van der Waals surface area (Å²) in [5.41, 5.74) is 1.69. The third kappa shape index (κ3) is 8.36. The molecule has 0 aliphatic carbocycles. The molecular weight excluding hydrogens is 488 g/mol. The molecule has 0 bridgehead atoms. The number of ether oxygens (including phenoxy) is 1. The van der Waals surface area contributed by atoms with Crippen LogP contribution in [-0.4, -0.2) is 30.3 Å². The van der Waals surface area contributed by atoms with Crippen LogP contribution in [0.2, 0.25) is 0 Å². The first-order chi connectivity index (χ1) is 12.8. The van der Waals surface area contributed by atoms with E-state index >= 15 is 0 Å². The lowest BCUT2D eigenvalue weighted by Crippen LogP contribution is -2.36. The summed E-state index contributed by atoms with van der Waals surface area (Å²) < 4.78 is 46.7. The molecule has 0 saturated carbocycles. The molecule has 1 aromatic carbocycles. The Labute approximate surface area is 179 Å². The molecule has 1 heterocycles. The molecule has 0 atom stereocenters. The number of nitrogens with zero attached hydrogens (tertiary/aromatic N) is 2. The van der Waals surface area contributed by atoms with Gasteiger partial charge in [-0.1, -0.05) is 12.1 Å². The topological polar surface area (TPSA) is 71.7 Å². The van der Waals surface area contributed by atoms with Crippen LogP contribution in [0.15, 0.2) is 33.7 Å². The number of aryl methyl sites for hydroxylation is 2. The SMILES string of the molecule is CCNC(=NCc1ccc(OCC(F)(F)F)cc1)NCc1nc(C)c(C)o1.I. The number of aromatic nitrogens is 1. The van der Waals surface area contributed by atoms with E-state index in [2.05, 4.69) is 25.3 Å². The Kier molecular flexibility index (Phi) is 9.56. The highest BCUT2D eigenvalue weighted by molar-refractivity contribution is 14.0. The molecule has 0 aliphatic heterocycles. The van der Waals surface area contributed by atoms with Crippen molar-refractivity contribution in [3.63, 3.8) is 0 Å². The van der Waals surface area contributed by atoms with Gasteiger partial charge < -0.3 is 19.8 Å². The normalized spacial score (nSPS) is 11.7. The largest absolute Gasteiger partial charge is 0.484 e. The molecule has 28 heavy (non-hydrogen) atoms. The van der Waals surface area contributed by atoms with Crippen molar-refractivity contribution in [2.45, 2.75) is 40.0 Å². The fraction of sp³-hybridized carbons (Fsp3) is 0.444. The number of alkyl halides is 3. The summed E-state index contributed by atoms with van der Waals surface area (Å²) in [6.07, 6.45) is -4.35. The second-order valence-electron chi connectivity index (χ2n) is 5.85. The summed E-state index contributed by atoms with van der Waals surface area (Å²) in [4.78, 5) is 8.75. The van der Waals surface area contributed by atoms with E-state index in [4.69, 9.17) is 4.42 Å². The van der Waals surface area contributed by atoms with Crippen LogP contribution >= 0.6 is 24.0 Å². The Morgan fingerprint density at radius 1 is 1.18 bits per heavy atom. The Hall–Kier alpha value is -1.98. The van der Waals surface area contributed by atoms with Gasteiger partial charge in [-0.3, -0.25) is 0 Å². The Balaban J connectivity index is 0.00000392. The van der Waals surface area contributed by atoms with Crippen molar-refractivity contribution >= 4 is 29.9 Å². The van der Waals surface area contributed by atoms with Crippen LogP contribution in [0.3, 0.4) is 0 Å². The molecule has 0 spiro atoms.